The van der Waals surface area contributed by atoms with Crippen molar-refractivity contribution in [1.29, 1.82) is 0 Å². The van der Waals surface area contributed by atoms with Crippen molar-refractivity contribution >= 4 is 12.2 Å². The quantitative estimate of drug-likeness (QED) is 0.208. The van der Waals surface area contributed by atoms with Gasteiger partial charge in [-0.2, -0.15) is 0 Å². The van der Waals surface area contributed by atoms with E-state index in [1.807, 2.05) is 0 Å². The third-order valence-electron chi connectivity index (χ3n) is 6.13. The molecule has 0 bridgehead atoms. The Kier molecular flexibility index (Phi) is 19.3. The fourth-order valence-corrected chi connectivity index (χ4v) is 4.09. The van der Waals surface area contributed by atoms with Gasteiger partial charge in [0, 0.05) is 13.1 Å². The predicted molar refractivity (Wildman–Crippen MR) is 144 cm³/mol. The van der Waals surface area contributed by atoms with Crippen LogP contribution in [0.15, 0.2) is 24.3 Å². The highest BCUT2D eigenvalue weighted by Crippen LogP contribution is 2.16. The molecule has 2 unspecified atom stereocenters. The van der Waals surface area contributed by atoms with E-state index in [2.05, 4.69) is 34.9 Å². The molecule has 0 spiro atoms. The molecule has 218 valence electrons. The van der Waals surface area contributed by atoms with Gasteiger partial charge in [-0.15, -0.1) is 0 Å². The van der Waals surface area contributed by atoms with E-state index in [1.165, 1.54) is 0 Å². The topological polar surface area (TPSA) is 114 Å². The van der Waals surface area contributed by atoms with Crippen molar-refractivity contribution in [3.05, 3.63) is 24.3 Å². The van der Waals surface area contributed by atoms with Crippen LogP contribution in [-0.4, -0.2) is 90.3 Å². The molecule has 10 heteroatoms. The second kappa shape index (κ2) is 22.8. The third kappa shape index (κ3) is 18.2. The Hall–Kier alpha value is -2.14. The molecule has 0 aromatic rings. The number of hydrogen-bond donors (Lipinski definition) is 2. The summed E-state index contributed by atoms with van der Waals surface area (Å²) in [5.74, 6) is 0. The Morgan fingerprint density at radius 3 is 1.32 bits per heavy atom. The van der Waals surface area contributed by atoms with E-state index in [0.29, 0.717) is 65.9 Å². The maximum atomic E-state index is 11.9. The molecular formula is C28H48N2O8. The summed E-state index contributed by atoms with van der Waals surface area (Å²) in [5, 5.41) is 5.46. The highest BCUT2D eigenvalue weighted by atomic mass is 16.6. The van der Waals surface area contributed by atoms with E-state index >= 15 is 0 Å². The molecular weight excluding hydrogens is 492 g/mol. The first kappa shape index (κ1) is 32.1. The maximum Gasteiger partial charge on any atom is 0.407 e. The van der Waals surface area contributed by atoms with Gasteiger partial charge < -0.3 is 39.1 Å². The molecule has 0 heterocycles. The van der Waals surface area contributed by atoms with Crippen LogP contribution < -0.4 is 10.6 Å². The lowest BCUT2D eigenvalue weighted by molar-refractivity contribution is -0.00139. The first-order chi connectivity index (χ1) is 18.7. The number of alkyl carbamates (subject to hydrolysis) is 2. The maximum absolute atomic E-state index is 11.9. The monoisotopic (exact) mass is 540 g/mol. The van der Waals surface area contributed by atoms with E-state index in [-0.39, 0.29) is 24.4 Å². The van der Waals surface area contributed by atoms with E-state index in [0.717, 1.165) is 64.2 Å². The Morgan fingerprint density at radius 2 is 0.895 bits per heavy atom. The fourth-order valence-electron chi connectivity index (χ4n) is 4.09. The minimum absolute atomic E-state index is 0.00527. The lowest BCUT2D eigenvalue weighted by atomic mass is 10.0. The number of carbonyl (C=O) groups excluding carboxylic acids is 2. The van der Waals surface area contributed by atoms with Gasteiger partial charge >= 0.3 is 12.2 Å². The minimum Gasteiger partial charge on any atom is -0.446 e. The summed E-state index contributed by atoms with van der Waals surface area (Å²) in [7, 11) is 0. The number of carbonyl (C=O) groups is 2. The number of nitrogens with one attached hydrogen (secondary N) is 2. The van der Waals surface area contributed by atoms with Gasteiger partial charge in [-0.3, -0.25) is 0 Å². The number of hydrogen-bond acceptors (Lipinski definition) is 8. The molecule has 0 fully saturated rings. The summed E-state index contributed by atoms with van der Waals surface area (Å²) in [6.07, 6.45) is 17.6. The van der Waals surface area contributed by atoms with Gasteiger partial charge in [0.1, 0.15) is 12.2 Å². The molecule has 2 atom stereocenters. The van der Waals surface area contributed by atoms with Gasteiger partial charge in [-0.25, -0.2) is 9.59 Å². The van der Waals surface area contributed by atoms with Gasteiger partial charge in [0.25, 0.3) is 0 Å². The van der Waals surface area contributed by atoms with E-state index < -0.39 is 0 Å². The second-order valence-electron chi connectivity index (χ2n) is 9.32. The Labute approximate surface area is 227 Å². The molecule has 2 aliphatic rings. The standard InChI is InChI=1S/C28H48N2O8/c31-27(37-25-11-7-3-1-4-8-12-25)29-15-17-33-19-21-35-23-24-36-22-20-34-18-16-30-28(32)38-26-13-9-5-2-6-10-14-26/h1-3,5,25-26H,4,6-24H2,(H,29,31)(H,30,32)/b3-1-,5-2-. The van der Waals surface area contributed by atoms with Crippen LogP contribution in [0.3, 0.4) is 0 Å². The summed E-state index contributed by atoms with van der Waals surface area (Å²) in [6.45, 7) is 4.37. The van der Waals surface area contributed by atoms with Crippen molar-refractivity contribution < 1.29 is 38.0 Å². The molecule has 2 rings (SSSR count). The Balaban J connectivity index is 1.27. The van der Waals surface area contributed by atoms with E-state index in [1.54, 1.807) is 0 Å². The van der Waals surface area contributed by atoms with Crippen molar-refractivity contribution in [3.63, 3.8) is 0 Å². The number of ether oxygens (including phenoxy) is 6. The van der Waals surface area contributed by atoms with Gasteiger partial charge in [-0.05, 0) is 64.2 Å². The molecule has 0 aliphatic heterocycles. The number of allylic oxidation sites excluding steroid dienone is 4. The average Bonchev–Trinajstić information content (AvgIpc) is 2.87. The smallest absolute Gasteiger partial charge is 0.407 e. The first-order valence-corrected chi connectivity index (χ1v) is 14.2. The summed E-state index contributed by atoms with van der Waals surface area (Å²) in [5.41, 5.74) is 0. The van der Waals surface area contributed by atoms with Crippen LogP contribution >= 0.6 is 0 Å². The lowest BCUT2D eigenvalue weighted by Crippen LogP contribution is -2.32. The molecule has 2 amide bonds. The van der Waals surface area contributed by atoms with Crippen molar-refractivity contribution in [1.82, 2.24) is 10.6 Å². The zero-order chi connectivity index (χ0) is 26.9. The molecule has 0 aromatic carbocycles. The number of amides is 2. The summed E-state index contributed by atoms with van der Waals surface area (Å²) in [6, 6.07) is 0. The molecule has 0 saturated carbocycles. The largest absolute Gasteiger partial charge is 0.446 e. The fraction of sp³-hybridized carbons (Fsp3) is 0.786. The van der Waals surface area contributed by atoms with Crippen LogP contribution in [0.1, 0.15) is 64.2 Å². The summed E-state index contributed by atoms with van der Waals surface area (Å²) < 4.78 is 32.8. The molecule has 0 saturated heterocycles. The zero-order valence-corrected chi connectivity index (χ0v) is 22.9. The highest BCUT2D eigenvalue weighted by molar-refractivity contribution is 5.67. The molecule has 2 N–H and O–H groups in total. The SMILES string of the molecule is O=C(NCCOCCOCCOCCOCCNC(=O)OC1CC/C=C\CCC1)OC1CC/C=C\CCC1. The van der Waals surface area contributed by atoms with Crippen LogP contribution in [0.2, 0.25) is 0 Å². The Morgan fingerprint density at radius 1 is 0.526 bits per heavy atom. The van der Waals surface area contributed by atoms with Crippen LogP contribution in [0.5, 0.6) is 0 Å². The van der Waals surface area contributed by atoms with Crippen LogP contribution in [0.4, 0.5) is 9.59 Å². The molecule has 0 aromatic heterocycles. The lowest BCUT2D eigenvalue weighted by Gasteiger charge is -2.18. The number of rotatable bonds is 17. The van der Waals surface area contributed by atoms with Crippen LogP contribution in [-0.2, 0) is 28.4 Å². The van der Waals surface area contributed by atoms with Gasteiger partial charge in [0.05, 0.1) is 52.9 Å². The summed E-state index contributed by atoms with van der Waals surface area (Å²) in [4.78, 5) is 23.8. The predicted octanol–water partition coefficient (Wildman–Crippen LogP) is 4.28. The molecule has 0 radical (unpaired) electrons. The normalized spacial score (nSPS) is 21.7. The van der Waals surface area contributed by atoms with Gasteiger partial charge in [0.2, 0.25) is 0 Å². The van der Waals surface area contributed by atoms with Crippen molar-refractivity contribution in [2.75, 3.05) is 65.9 Å². The molecule has 38 heavy (non-hydrogen) atoms. The molecule has 2 aliphatic carbocycles. The first-order valence-electron chi connectivity index (χ1n) is 14.2. The van der Waals surface area contributed by atoms with Crippen LogP contribution in [0.25, 0.3) is 0 Å². The highest BCUT2D eigenvalue weighted by Gasteiger charge is 2.15. The average molecular weight is 541 g/mol. The van der Waals surface area contributed by atoms with E-state index in [9.17, 15) is 9.59 Å². The minimum atomic E-state index is -0.377. The second-order valence-corrected chi connectivity index (χ2v) is 9.32. The van der Waals surface area contributed by atoms with Crippen molar-refractivity contribution in [2.45, 2.75) is 76.4 Å². The molecule has 10 nitrogen and oxygen atoms in total. The van der Waals surface area contributed by atoms with Gasteiger partial charge in [-0.1, -0.05) is 24.3 Å². The van der Waals surface area contributed by atoms with Crippen molar-refractivity contribution in [2.24, 2.45) is 0 Å². The van der Waals surface area contributed by atoms with Crippen LogP contribution in [0, 0.1) is 0 Å². The Bertz CT molecular complexity index is 617. The van der Waals surface area contributed by atoms with E-state index in [4.69, 9.17) is 28.4 Å². The van der Waals surface area contributed by atoms with Crippen molar-refractivity contribution in [3.8, 4) is 0 Å². The third-order valence-corrected chi connectivity index (χ3v) is 6.13. The zero-order valence-electron chi connectivity index (χ0n) is 22.9. The summed E-state index contributed by atoms with van der Waals surface area (Å²) >= 11 is 0. The van der Waals surface area contributed by atoms with Gasteiger partial charge in [0.15, 0.2) is 0 Å².